The third-order valence-corrected chi connectivity index (χ3v) is 4.18. The quantitative estimate of drug-likeness (QED) is 0.395. The summed E-state index contributed by atoms with van der Waals surface area (Å²) >= 11 is 6.94. The second-order valence-corrected chi connectivity index (χ2v) is 5.64. The van der Waals surface area contributed by atoms with Gasteiger partial charge in [-0.1, -0.05) is 11.6 Å². The summed E-state index contributed by atoms with van der Waals surface area (Å²) in [5, 5.41) is 28.9. The summed E-state index contributed by atoms with van der Waals surface area (Å²) in [6.45, 7) is 2.98. The van der Waals surface area contributed by atoms with E-state index < -0.39 is 4.92 Å². The Kier molecular flexibility index (Phi) is 6.75. The summed E-state index contributed by atoms with van der Waals surface area (Å²) in [6.07, 6.45) is 2.16. The largest absolute Gasteiger partial charge is 0.400 e. The number of hydrogen-bond donors (Lipinski definition) is 1. The van der Waals surface area contributed by atoms with Crippen molar-refractivity contribution in [2.75, 3.05) is 18.6 Å². The number of nitrogens with zero attached hydrogens (tertiary/aromatic N) is 3. The summed E-state index contributed by atoms with van der Waals surface area (Å²) in [6, 6.07) is 3.34. The average molecular weight is 330 g/mol. The fourth-order valence-electron chi connectivity index (χ4n) is 2.32. The number of halogens is 1. The van der Waals surface area contributed by atoms with Crippen LogP contribution in [0.4, 0.5) is 11.4 Å². The Bertz CT molecular complexity index is 562. The van der Waals surface area contributed by atoms with Gasteiger partial charge in [-0.15, -0.1) is 0 Å². The van der Waals surface area contributed by atoms with Crippen LogP contribution in [0, 0.1) is 20.8 Å². The first-order valence-electron chi connectivity index (χ1n) is 6.30. The minimum atomic E-state index is -0.511. The van der Waals surface area contributed by atoms with Crippen molar-refractivity contribution in [3.8, 4) is 5.40 Å². The van der Waals surface area contributed by atoms with Crippen LogP contribution in [0.1, 0.15) is 19.8 Å². The number of thiocyanates is 1. The van der Waals surface area contributed by atoms with E-state index in [2.05, 4.69) is 11.8 Å². The zero-order chi connectivity index (χ0) is 16.0. The number of aliphatic hydroxyl groups excluding tert-OH is 1. The number of thioether (sulfide) groups is 1. The lowest BCUT2D eigenvalue weighted by Crippen LogP contribution is -2.26. The molecule has 1 heterocycles. The van der Waals surface area contributed by atoms with Gasteiger partial charge in [0.15, 0.2) is 0 Å². The molecule has 8 heteroatoms. The molecule has 0 unspecified atom stereocenters. The molecule has 2 rings (SSSR count). The number of anilines is 1. The molecule has 0 bridgehead atoms. The smallest absolute Gasteiger partial charge is 0.285 e. The van der Waals surface area contributed by atoms with Crippen LogP contribution in [0.2, 0.25) is 5.02 Å². The van der Waals surface area contributed by atoms with Gasteiger partial charge in [0.05, 0.1) is 15.6 Å². The highest BCUT2D eigenvalue weighted by Gasteiger charge is 2.26. The van der Waals surface area contributed by atoms with Crippen LogP contribution in [-0.2, 0) is 0 Å². The molecule has 1 fully saturated rings. The van der Waals surface area contributed by atoms with E-state index in [0.29, 0.717) is 16.0 Å². The van der Waals surface area contributed by atoms with Gasteiger partial charge in [0.25, 0.3) is 5.69 Å². The SMILES string of the molecule is CO.C[C@@H]1CCCN1c1cc(SC#N)c([N+](=O)[O-])cc1Cl. The molecule has 0 saturated carbocycles. The number of nitro groups is 1. The Morgan fingerprint density at radius 2 is 2.24 bits per heavy atom. The fraction of sp³-hybridized carbons (Fsp3) is 0.462. The number of hydrogen-bond acceptors (Lipinski definition) is 6. The molecule has 6 nitrogen and oxygen atoms in total. The van der Waals surface area contributed by atoms with E-state index >= 15 is 0 Å². The molecule has 1 aromatic carbocycles. The second kappa shape index (κ2) is 8.08. The maximum Gasteiger partial charge on any atom is 0.285 e. The standard InChI is InChI=1S/C12H12ClN3O2S.CH4O/c1-8-3-2-4-15(8)10-6-12(19-7-14)11(16(17)18)5-9(10)13;1-2/h5-6,8H,2-4H2,1H3;2H,1H3/t8-;/m1./s1. The molecular formula is C13H16ClN3O3S. The molecule has 0 radical (unpaired) electrons. The van der Waals surface area contributed by atoms with Crippen molar-refractivity contribution in [3.63, 3.8) is 0 Å². The Morgan fingerprint density at radius 1 is 1.57 bits per heavy atom. The fourth-order valence-corrected chi connectivity index (χ4v) is 3.09. The van der Waals surface area contributed by atoms with Crippen molar-refractivity contribution in [1.29, 1.82) is 5.26 Å². The van der Waals surface area contributed by atoms with E-state index in [4.69, 9.17) is 22.0 Å². The molecule has 0 spiro atoms. The van der Waals surface area contributed by atoms with Gasteiger partial charge in [0.2, 0.25) is 0 Å². The summed E-state index contributed by atoms with van der Waals surface area (Å²) in [4.78, 5) is 12.9. The van der Waals surface area contributed by atoms with Gasteiger partial charge in [-0.25, -0.2) is 0 Å². The van der Waals surface area contributed by atoms with E-state index in [-0.39, 0.29) is 5.69 Å². The third-order valence-electron chi connectivity index (χ3n) is 3.24. The summed E-state index contributed by atoms with van der Waals surface area (Å²) in [5.74, 6) is 0. The summed E-state index contributed by atoms with van der Waals surface area (Å²) < 4.78 is 0. The van der Waals surface area contributed by atoms with Crippen molar-refractivity contribution >= 4 is 34.7 Å². The summed E-state index contributed by atoms with van der Waals surface area (Å²) in [5.41, 5.74) is 0.655. The normalized spacial score (nSPS) is 16.9. The van der Waals surface area contributed by atoms with Crippen molar-refractivity contribution in [2.24, 2.45) is 0 Å². The molecule has 1 aliphatic rings. The van der Waals surface area contributed by atoms with Gasteiger partial charge in [0, 0.05) is 25.8 Å². The third kappa shape index (κ3) is 4.00. The maximum atomic E-state index is 11.0. The number of benzene rings is 1. The van der Waals surface area contributed by atoms with E-state index in [1.807, 2.05) is 5.40 Å². The van der Waals surface area contributed by atoms with Crippen LogP contribution in [0.25, 0.3) is 0 Å². The number of nitriles is 1. The molecule has 114 valence electrons. The van der Waals surface area contributed by atoms with E-state index in [9.17, 15) is 10.1 Å². The molecule has 1 atom stereocenters. The lowest BCUT2D eigenvalue weighted by Gasteiger charge is -2.25. The van der Waals surface area contributed by atoms with Crippen LogP contribution >= 0.6 is 23.4 Å². The highest BCUT2D eigenvalue weighted by Crippen LogP contribution is 2.40. The maximum absolute atomic E-state index is 11.0. The second-order valence-electron chi connectivity index (χ2n) is 4.41. The molecule has 1 aliphatic heterocycles. The predicted molar refractivity (Wildman–Crippen MR) is 83.8 cm³/mol. The first-order chi connectivity index (χ1) is 10.0. The Hall–Kier alpha value is -1.49. The highest BCUT2D eigenvalue weighted by atomic mass is 35.5. The van der Waals surface area contributed by atoms with Crippen LogP contribution in [0.15, 0.2) is 17.0 Å². The molecule has 0 aliphatic carbocycles. The van der Waals surface area contributed by atoms with Crippen LogP contribution in [-0.4, -0.2) is 29.7 Å². The van der Waals surface area contributed by atoms with Crippen molar-refractivity contribution in [3.05, 3.63) is 27.3 Å². The van der Waals surface area contributed by atoms with Gasteiger partial charge in [0.1, 0.15) is 10.3 Å². The molecule has 21 heavy (non-hydrogen) atoms. The molecule has 0 aromatic heterocycles. The Balaban J connectivity index is 0.00000106. The van der Waals surface area contributed by atoms with E-state index in [1.54, 1.807) is 6.07 Å². The molecule has 1 N–H and O–H groups in total. The van der Waals surface area contributed by atoms with Crippen molar-refractivity contribution in [1.82, 2.24) is 0 Å². The minimum Gasteiger partial charge on any atom is -0.400 e. The lowest BCUT2D eigenvalue weighted by atomic mass is 10.2. The molecule has 0 amide bonds. The Labute approximate surface area is 132 Å². The highest BCUT2D eigenvalue weighted by molar-refractivity contribution is 8.03. The number of nitro benzene ring substituents is 1. The zero-order valence-corrected chi connectivity index (χ0v) is 13.3. The molecule has 1 aromatic rings. The number of rotatable bonds is 3. The lowest BCUT2D eigenvalue weighted by molar-refractivity contribution is -0.387. The van der Waals surface area contributed by atoms with E-state index in [0.717, 1.165) is 43.9 Å². The topological polar surface area (TPSA) is 90.4 Å². The van der Waals surface area contributed by atoms with Crippen LogP contribution < -0.4 is 4.90 Å². The predicted octanol–water partition coefficient (Wildman–Crippen LogP) is 3.42. The minimum absolute atomic E-state index is 0.118. The van der Waals surface area contributed by atoms with Crippen molar-refractivity contribution < 1.29 is 10.0 Å². The Morgan fingerprint density at radius 3 is 2.71 bits per heavy atom. The van der Waals surface area contributed by atoms with Gasteiger partial charge >= 0.3 is 0 Å². The van der Waals surface area contributed by atoms with Crippen LogP contribution in [0.5, 0.6) is 0 Å². The molecule has 1 saturated heterocycles. The summed E-state index contributed by atoms with van der Waals surface area (Å²) in [7, 11) is 1.00. The van der Waals surface area contributed by atoms with Gasteiger partial charge < -0.3 is 10.0 Å². The zero-order valence-electron chi connectivity index (χ0n) is 11.7. The van der Waals surface area contributed by atoms with Crippen LogP contribution in [0.3, 0.4) is 0 Å². The molecular weight excluding hydrogens is 314 g/mol. The monoisotopic (exact) mass is 329 g/mol. The first-order valence-corrected chi connectivity index (χ1v) is 7.49. The number of aliphatic hydroxyl groups is 1. The van der Waals surface area contributed by atoms with Crippen molar-refractivity contribution in [2.45, 2.75) is 30.7 Å². The van der Waals surface area contributed by atoms with Gasteiger partial charge in [-0.3, -0.25) is 10.1 Å². The van der Waals surface area contributed by atoms with E-state index in [1.165, 1.54) is 6.07 Å². The first kappa shape index (κ1) is 17.6. The van der Waals surface area contributed by atoms with Gasteiger partial charge in [-0.05, 0) is 37.6 Å². The van der Waals surface area contributed by atoms with Gasteiger partial charge in [-0.2, -0.15) is 5.26 Å². The average Bonchev–Trinajstić information content (AvgIpc) is 2.88.